The minimum absolute atomic E-state index is 0.134. The number of aromatic nitrogens is 4. The largest absolute Gasteiger partial charge is 0.281 e. The van der Waals surface area contributed by atoms with Gasteiger partial charge in [0.1, 0.15) is 20.8 Å². The van der Waals surface area contributed by atoms with Crippen LogP contribution in [0.4, 0.5) is 0 Å². The molecule has 0 unspecified atom stereocenters. The van der Waals surface area contributed by atoms with Crippen LogP contribution in [0.25, 0.3) is 11.1 Å². The van der Waals surface area contributed by atoms with E-state index < -0.39 is 0 Å². The van der Waals surface area contributed by atoms with E-state index in [9.17, 15) is 9.59 Å². The normalized spacial score (nSPS) is 15.2. The molecule has 3 aromatic rings. The van der Waals surface area contributed by atoms with Gasteiger partial charge in [0.2, 0.25) is 10.2 Å². The smallest absolute Gasteiger partial charge is 0.230 e. The van der Waals surface area contributed by atoms with Gasteiger partial charge in [-0.15, -0.1) is 0 Å². The Bertz CT molecular complexity index is 1290. The van der Waals surface area contributed by atoms with Crippen LogP contribution in [0.2, 0.25) is 0 Å². The molecule has 160 valence electrons. The molecule has 0 aliphatic carbocycles. The molecule has 5 rings (SSSR count). The highest BCUT2D eigenvalue weighted by Gasteiger charge is 2.32. The first-order valence-corrected chi connectivity index (χ1v) is 12.0. The lowest BCUT2D eigenvalue weighted by Gasteiger charge is -2.05. The Labute approximate surface area is 193 Å². The molecular formula is C24H20N4O2S2. The molecule has 5 heterocycles. The molecule has 32 heavy (non-hydrogen) atoms. The zero-order valence-electron chi connectivity index (χ0n) is 18.0. The van der Waals surface area contributed by atoms with E-state index in [0.717, 1.165) is 34.7 Å². The zero-order valence-corrected chi connectivity index (χ0v) is 19.7. The van der Waals surface area contributed by atoms with Gasteiger partial charge in [-0.3, -0.25) is 19.6 Å². The average molecular weight is 461 g/mol. The quantitative estimate of drug-likeness (QED) is 0.587. The second-order valence-electron chi connectivity index (χ2n) is 8.32. The van der Waals surface area contributed by atoms with Gasteiger partial charge in [-0.25, -0.2) is 9.97 Å². The van der Waals surface area contributed by atoms with Gasteiger partial charge in [0.15, 0.2) is 0 Å². The highest BCUT2D eigenvalue weighted by Crippen LogP contribution is 2.32. The third-order valence-corrected chi connectivity index (χ3v) is 7.25. The highest BCUT2D eigenvalue weighted by atomic mass is 32.2. The van der Waals surface area contributed by atoms with Crippen molar-refractivity contribution in [3.63, 3.8) is 0 Å². The van der Waals surface area contributed by atoms with Crippen molar-refractivity contribution in [1.29, 1.82) is 0 Å². The van der Waals surface area contributed by atoms with Crippen molar-refractivity contribution in [3.8, 4) is 0 Å². The third-order valence-electron chi connectivity index (χ3n) is 5.51. The zero-order chi connectivity index (χ0) is 22.6. The fourth-order valence-electron chi connectivity index (χ4n) is 3.58. The van der Waals surface area contributed by atoms with Gasteiger partial charge in [0.25, 0.3) is 0 Å². The summed E-state index contributed by atoms with van der Waals surface area (Å²) in [6.07, 6.45) is 3.58. The molecule has 0 N–H and O–H groups in total. The standard InChI is InChI=1S/C24H20N4O2S2/c1-11(2)13-5-7-15(25-9-13)17-19-21(31-23(17)29)28-20-18(24(30)32-22(20)27-19)16-8-6-14(10-26-16)12(3)4/h5-12H,1-4H3. The van der Waals surface area contributed by atoms with E-state index in [1.54, 1.807) is 12.4 Å². The number of hydrogen-bond acceptors (Lipinski definition) is 8. The van der Waals surface area contributed by atoms with Gasteiger partial charge < -0.3 is 0 Å². The predicted octanol–water partition coefficient (Wildman–Crippen LogP) is 3.18. The Morgan fingerprint density at radius 2 is 1.06 bits per heavy atom. The predicted molar refractivity (Wildman–Crippen MR) is 125 cm³/mol. The molecular weight excluding hydrogens is 440 g/mol. The van der Waals surface area contributed by atoms with Crippen LogP contribution in [0.1, 0.15) is 62.0 Å². The van der Waals surface area contributed by atoms with Crippen LogP contribution in [-0.4, -0.2) is 30.2 Å². The number of thioether (sulfide) groups is 2. The lowest BCUT2D eigenvalue weighted by atomic mass is 10.0. The topological polar surface area (TPSA) is 85.7 Å². The molecule has 0 spiro atoms. The van der Waals surface area contributed by atoms with Crippen molar-refractivity contribution in [1.82, 2.24) is 19.9 Å². The number of fused-ring (bicyclic) bond motifs is 2. The molecule has 0 amide bonds. The summed E-state index contributed by atoms with van der Waals surface area (Å²) in [5, 5.41) is 1.73. The summed E-state index contributed by atoms with van der Waals surface area (Å²) in [7, 11) is 0. The van der Waals surface area contributed by atoms with E-state index in [-0.39, 0.29) is 10.2 Å². The van der Waals surface area contributed by atoms with E-state index in [4.69, 9.17) is 0 Å². The van der Waals surface area contributed by atoms with Crippen LogP contribution in [0.15, 0.2) is 46.7 Å². The summed E-state index contributed by atoms with van der Waals surface area (Å²) in [5.41, 5.74) is 4.23. The fraction of sp³-hybridized carbons (Fsp3) is 0.250. The molecule has 0 fully saturated rings. The molecule has 0 aromatic carbocycles. The van der Waals surface area contributed by atoms with Crippen LogP contribution in [-0.2, 0) is 9.59 Å². The molecule has 0 atom stereocenters. The van der Waals surface area contributed by atoms with Crippen LogP contribution in [0.3, 0.4) is 0 Å². The molecule has 0 saturated heterocycles. The van der Waals surface area contributed by atoms with E-state index in [1.807, 2.05) is 24.3 Å². The monoisotopic (exact) mass is 460 g/mol. The van der Waals surface area contributed by atoms with Crippen LogP contribution in [0, 0.1) is 0 Å². The minimum Gasteiger partial charge on any atom is -0.281 e. The lowest BCUT2D eigenvalue weighted by molar-refractivity contribution is -0.106. The first-order valence-electron chi connectivity index (χ1n) is 10.4. The molecule has 2 aliphatic rings. The van der Waals surface area contributed by atoms with E-state index in [1.165, 1.54) is 0 Å². The maximum absolute atomic E-state index is 12.8. The summed E-state index contributed by atoms with van der Waals surface area (Å²) < 4.78 is 0. The minimum atomic E-state index is -0.134. The van der Waals surface area contributed by atoms with Crippen molar-refractivity contribution in [2.24, 2.45) is 0 Å². The van der Waals surface area contributed by atoms with Crippen LogP contribution < -0.4 is 10.7 Å². The first kappa shape index (κ1) is 21.0. The summed E-state index contributed by atoms with van der Waals surface area (Å²) in [5.74, 6) is 0.704. The number of hydrogen-bond donors (Lipinski definition) is 0. The molecule has 0 saturated carbocycles. The Balaban J connectivity index is 1.66. The molecule has 2 aliphatic heterocycles. The molecule has 8 heteroatoms. The second-order valence-corrected chi connectivity index (χ2v) is 10.2. The molecule has 3 aromatic heterocycles. The molecule has 0 bridgehead atoms. The van der Waals surface area contributed by atoms with E-state index >= 15 is 0 Å². The fourth-order valence-corrected chi connectivity index (χ4v) is 5.31. The van der Waals surface area contributed by atoms with Crippen molar-refractivity contribution in [3.05, 3.63) is 69.9 Å². The van der Waals surface area contributed by atoms with Gasteiger partial charge >= 0.3 is 0 Å². The average Bonchev–Trinajstić information content (AvgIpc) is 3.26. The second kappa shape index (κ2) is 7.94. The number of pyridine rings is 2. The Morgan fingerprint density at radius 3 is 1.38 bits per heavy atom. The third kappa shape index (κ3) is 3.47. The van der Waals surface area contributed by atoms with Gasteiger partial charge in [0.05, 0.1) is 22.5 Å². The number of carbonyl (C=O) groups excluding carboxylic acids is 2. The highest BCUT2D eigenvalue weighted by molar-refractivity contribution is 8.15. The van der Waals surface area contributed by atoms with Crippen molar-refractivity contribution in [2.75, 3.05) is 0 Å². The molecule has 0 radical (unpaired) electrons. The molecule has 6 nitrogen and oxygen atoms in total. The van der Waals surface area contributed by atoms with Gasteiger partial charge in [-0.05, 0) is 58.6 Å². The Hall–Kier alpha value is -2.84. The Kier molecular flexibility index (Phi) is 5.22. The SMILES string of the molecule is CC(C)c1ccc(C2=c3nc4c(nc3SC2=O)=C(c2ccc(C(C)C)cn2)C(=O)S4)nc1. The van der Waals surface area contributed by atoms with Crippen LogP contribution in [0.5, 0.6) is 0 Å². The van der Waals surface area contributed by atoms with Crippen molar-refractivity contribution < 1.29 is 9.59 Å². The maximum Gasteiger partial charge on any atom is 0.230 e. The number of rotatable bonds is 4. The van der Waals surface area contributed by atoms with E-state index in [2.05, 4.69) is 47.6 Å². The summed E-state index contributed by atoms with van der Waals surface area (Å²) in [6, 6.07) is 7.66. The van der Waals surface area contributed by atoms with Crippen LogP contribution >= 0.6 is 23.5 Å². The first-order chi connectivity index (χ1) is 15.3. The van der Waals surface area contributed by atoms with Crippen molar-refractivity contribution in [2.45, 2.75) is 49.6 Å². The Morgan fingerprint density at radius 1 is 0.656 bits per heavy atom. The van der Waals surface area contributed by atoms with Gasteiger partial charge in [-0.1, -0.05) is 39.8 Å². The maximum atomic E-state index is 12.8. The number of nitrogens with zero attached hydrogens (tertiary/aromatic N) is 4. The summed E-state index contributed by atoms with van der Waals surface area (Å²) in [6.45, 7) is 8.38. The van der Waals surface area contributed by atoms with Gasteiger partial charge in [0, 0.05) is 12.4 Å². The van der Waals surface area contributed by atoms with Gasteiger partial charge in [-0.2, -0.15) is 0 Å². The number of carbonyl (C=O) groups is 2. The van der Waals surface area contributed by atoms with E-state index in [0.29, 0.717) is 55.1 Å². The lowest BCUT2D eigenvalue weighted by Crippen LogP contribution is -2.24. The summed E-state index contributed by atoms with van der Waals surface area (Å²) in [4.78, 5) is 44.0. The van der Waals surface area contributed by atoms with Crippen molar-refractivity contribution >= 4 is 44.9 Å². The summed E-state index contributed by atoms with van der Waals surface area (Å²) >= 11 is 2.06.